The molecule has 0 bridgehead atoms. The van der Waals surface area contributed by atoms with Crippen molar-refractivity contribution in [2.75, 3.05) is 13.1 Å². The smallest absolute Gasteiger partial charge is 0.242 e. The second kappa shape index (κ2) is 6.36. The fourth-order valence-electron chi connectivity index (χ4n) is 2.28. The highest BCUT2D eigenvalue weighted by atomic mass is 16.2. The first kappa shape index (κ1) is 13.6. The average Bonchev–Trinajstić information content (AvgIpc) is 2.82. The highest BCUT2D eigenvalue weighted by molar-refractivity contribution is 5.80. The van der Waals surface area contributed by atoms with Gasteiger partial charge in [0.25, 0.3) is 0 Å². The zero-order valence-corrected chi connectivity index (χ0v) is 11.7. The van der Waals surface area contributed by atoms with Crippen molar-refractivity contribution in [2.45, 2.75) is 33.2 Å². The lowest BCUT2D eigenvalue weighted by Crippen LogP contribution is -2.35. The Morgan fingerprint density at radius 3 is 2.58 bits per heavy atom. The van der Waals surface area contributed by atoms with Crippen LogP contribution in [0.2, 0.25) is 0 Å². The number of para-hydroxylation sites is 2. The number of hydrogen-bond donors (Lipinski definition) is 0. The summed E-state index contributed by atoms with van der Waals surface area (Å²) in [4.78, 5) is 18.6. The van der Waals surface area contributed by atoms with Crippen molar-refractivity contribution < 1.29 is 4.79 Å². The van der Waals surface area contributed by atoms with Gasteiger partial charge in [-0.3, -0.25) is 4.79 Å². The molecule has 2 rings (SSSR count). The summed E-state index contributed by atoms with van der Waals surface area (Å²) in [6, 6.07) is 7.90. The zero-order chi connectivity index (χ0) is 13.7. The molecule has 0 aliphatic rings. The predicted octanol–water partition coefficient (Wildman–Crippen LogP) is 2.68. The maximum Gasteiger partial charge on any atom is 0.242 e. The topological polar surface area (TPSA) is 38.1 Å². The molecule has 4 heteroatoms. The van der Waals surface area contributed by atoms with Crippen molar-refractivity contribution in [3.63, 3.8) is 0 Å². The molecule has 1 aromatic carbocycles. The van der Waals surface area contributed by atoms with Crippen molar-refractivity contribution in [3.8, 4) is 0 Å². The molecule has 0 aliphatic heterocycles. The monoisotopic (exact) mass is 259 g/mol. The Bertz CT molecular complexity index is 541. The van der Waals surface area contributed by atoms with Crippen LogP contribution in [0, 0.1) is 0 Å². The van der Waals surface area contributed by atoms with Crippen molar-refractivity contribution in [2.24, 2.45) is 0 Å². The SMILES string of the molecule is CCCN(CCC)C(=O)Cn1cnc2ccccc21. The number of aromatic nitrogens is 2. The lowest BCUT2D eigenvalue weighted by atomic mass is 10.3. The number of hydrogen-bond acceptors (Lipinski definition) is 2. The molecule has 2 aromatic rings. The van der Waals surface area contributed by atoms with Crippen LogP contribution in [-0.4, -0.2) is 33.4 Å². The minimum Gasteiger partial charge on any atom is -0.341 e. The third kappa shape index (κ3) is 3.13. The number of amides is 1. The summed E-state index contributed by atoms with van der Waals surface area (Å²) in [6.45, 7) is 6.24. The zero-order valence-electron chi connectivity index (χ0n) is 11.7. The first-order valence-corrected chi connectivity index (χ1v) is 6.94. The van der Waals surface area contributed by atoms with Crippen LogP contribution in [0.1, 0.15) is 26.7 Å². The van der Waals surface area contributed by atoms with E-state index in [1.807, 2.05) is 33.7 Å². The van der Waals surface area contributed by atoms with Gasteiger partial charge < -0.3 is 9.47 Å². The van der Waals surface area contributed by atoms with Crippen molar-refractivity contribution in [1.82, 2.24) is 14.5 Å². The molecule has 0 fully saturated rings. The van der Waals surface area contributed by atoms with E-state index in [0.717, 1.165) is 37.0 Å². The van der Waals surface area contributed by atoms with Gasteiger partial charge in [-0.15, -0.1) is 0 Å². The Morgan fingerprint density at radius 1 is 1.21 bits per heavy atom. The predicted molar refractivity (Wildman–Crippen MR) is 76.9 cm³/mol. The Kier molecular flexibility index (Phi) is 4.55. The van der Waals surface area contributed by atoms with Gasteiger partial charge in [0.05, 0.1) is 17.4 Å². The van der Waals surface area contributed by atoms with E-state index in [2.05, 4.69) is 18.8 Å². The molecule has 19 heavy (non-hydrogen) atoms. The molecule has 0 radical (unpaired) electrons. The van der Waals surface area contributed by atoms with Crippen LogP contribution in [0.3, 0.4) is 0 Å². The summed E-state index contributed by atoms with van der Waals surface area (Å²) < 4.78 is 1.93. The molecule has 0 aliphatic carbocycles. The average molecular weight is 259 g/mol. The van der Waals surface area contributed by atoms with E-state index >= 15 is 0 Å². The van der Waals surface area contributed by atoms with Crippen LogP contribution in [-0.2, 0) is 11.3 Å². The molecule has 1 amide bonds. The Balaban J connectivity index is 2.13. The molecular formula is C15H21N3O. The summed E-state index contributed by atoms with van der Waals surface area (Å²) in [6.07, 6.45) is 3.74. The van der Waals surface area contributed by atoms with E-state index in [1.165, 1.54) is 0 Å². The summed E-state index contributed by atoms with van der Waals surface area (Å²) in [5.74, 6) is 0.173. The minimum absolute atomic E-state index is 0.173. The number of carbonyl (C=O) groups is 1. The maximum atomic E-state index is 12.3. The van der Waals surface area contributed by atoms with E-state index in [-0.39, 0.29) is 5.91 Å². The van der Waals surface area contributed by atoms with E-state index in [0.29, 0.717) is 6.54 Å². The normalized spacial score (nSPS) is 10.8. The summed E-state index contributed by atoms with van der Waals surface area (Å²) in [5.41, 5.74) is 1.96. The Morgan fingerprint density at radius 2 is 1.89 bits per heavy atom. The summed E-state index contributed by atoms with van der Waals surface area (Å²) in [5, 5.41) is 0. The second-order valence-electron chi connectivity index (χ2n) is 4.74. The first-order valence-electron chi connectivity index (χ1n) is 6.94. The molecule has 0 saturated carbocycles. The standard InChI is InChI=1S/C15H21N3O/c1-3-9-17(10-4-2)15(19)11-18-12-16-13-7-5-6-8-14(13)18/h5-8,12H,3-4,9-11H2,1-2H3. The van der Waals surface area contributed by atoms with Crippen LogP contribution in [0.25, 0.3) is 11.0 Å². The number of imidazole rings is 1. The molecule has 102 valence electrons. The van der Waals surface area contributed by atoms with Crippen molar-refractivity contribution in [1.29, 1.82) is 0 Å². The van der Waals surface area contributed by atoms with Gasteiger partial charge in [0.15, 0.2) is 0 Å². The summed E-state index contributed by atoms with van der Waals surface area (Å²) >= 11 is 0. The summed E-state index contributed by atoms with van der Waals surface area (Å²) in [7, 11) is 0. The van der Waals surface area contributed by atoms with Crippen molar-refractivity contribution in [3.05, 3.63) is 30.6 Å². The lowest BCUT2D eigenvalue weighted by Gasteiger charge is -2.21. The van der Waals surface area contributed by atoms with Gasteiger partial charge in [0.1, 0.15) is 6.54 Å². The third-order valence-electron chi connectivity index (χ3n) is 3.17. The van der Waals surface area contributed by atoms with E-state index in [1.54, 1.807) is 6.33 Å². The van der Waals surface area contributed by atoms with Gasteiger partial charge in [0, 0.05) is 13.1 Å². The van der Waals surface area contributed by atoms with Gasteiger partial charge >= 0.3 is 0 Å². The quantitative estimate of drug-likeness (QED) is 0.800. The van der Waals surface area contributed by atoms with Crippen LogP contribution in [0.5, 0.6) is 0 Å². The highest BCUT2D eigenvalue weighted by Gasteiger charge is 2.13. The minimum atomic E-state index is 0.173. The number of rotatable bonds is 6. The Hall–Kier alpha value is -1.84. The molecule has 1 aromatic heterocycles. The fourth-order valence-corrected chi connectivity index (χ4v) is 2.28. The third-order valence-corrected chi connectivity index (χ3v) is 3.17. The van der Waals surface area contributed by atoms with E-state index in [4.69, 9.17) is 0 Å². The largest absolute Gasteiger partial charge is 0.341 e. The molecule has 0 unspecified atom stereocenters. The molecule has 1 heterocycles. The number of nitrogens with zero attached hydrogens (tertiary/aromatic N) is 3. The number of benzene rings is 1. The van der Waals surface area contributed by atoms with Gasteiger partial charge in [-0.2, -0.15) is 0 Å². The first-order chi connectivity index (χ1) is 9.26. The van der Waals surface area contributed by atoms with Crippen LogP contribution in [0.4, 0.5) is 0 Å². The maximum absolute atomic E-state index is 12.3. The fraction of sp³-hybridized carbons (Fsp3) is 0.467. The molecule has 4 nitrogen and oxygen atoms in total. The Labute approximate surface area is 114 Å². The van der Waals surface area contributed by atoms with Crippen LogP contribution < -0.4 is 0 Å². The van der Waals surface area contributed by atoms with Crippen LogP contribution >= 0.6 is 0 Å². The van der Waals surface area contributed by atoms with Gasteiger partial charge in [-0.05, 0) is 25.0 Å². The van der Waals surface area contributed by atoms with E-state index in [9.17, 15) is 4.79 Å². The van der Waals surface area contributed by atoms with Gasteiger partial charge in [-0.1, -0.05) is 26.0 Å². The number of carbonyl (C=O) groups excluding carboxylic acids is 1. The van der Waals surface area contributed by atoms with Crippen molar-refractivity contribution >= 4 is 16.9 Å². The molecule has 0 saturated heterocycles. The van der Waals surface area contributed by atoms with Gasteiger partial charge in [0.2, 0.25) is 5.91 Å². The second-order valence-corrected chi connectivity index (χ2v) is 4.74. The molecule has 0 N–H and O–H groups in total. The van der Waals surface area contributed by atoms with E-state index < -0.39 is 0 Å². The molecule has 0 atom stereocenters. The highest BCUT2D eigenvalue weighted by Crippen LogP contribution is 2.12. The molecular weight excluding hydrogens is 238 g/mol. The number of fused-ring (bicyclic) bond motifs is 1. The molecule has 0 spiro atoms. The van der Waals surface area contributed by atoms with Crippen LogP contribution in [0.15, 0.2) is 30.6 Å². The lowest BCUT2D eigenvalue weighted by molar-refractivity contribution is -0.131. The van der Waals surface area contributed by atoms with Gasteiger partial charge in [-0.25, -0.2) is 4.98 Å².